The molecule has 0 aliphatic rings. The van der Waals surface area contributed by atoms with E-state index in [1.165, 1.54) is 4.90 Å². The molecule has 3 aromatic rings. The van der Waals surface area contributed by atoms with Gasteiger partial charge in [0.2, 0.25) is 0 Å². The molecule has 0 saturated carbocycles. The molecule has 21 heavy (non-hydrogen) atoms. The number of nitrogens with two attached hydrogens (primary N) is 1. The van der Waals surface area contributed by atoms with Crippen LogP contribution in [0.1, 0.15) is 24.3 Å². The Kier molecular flexibility index (Phi) is 4.24. The number of hydrogen-bond acceptors (Lipinski definition) is 3. The quantitative estimate of drug-likeness (QED) is 0.668. The molecule has 0 aliphatic heterocycles. The van der Waals surface area contributed by atoms with Gasteiger partial charge in [0.25, 0.3) is 0 Å². The highest BCUT2D eigenvalue weighted by Crippen LogP contribution is 2.29. The van der Waals surface area contributed by atoms with E-state index in [9.17, 15) is 0 Å². The fourth-order valence-corrected chi connectivity index (χ4v) is 3.13. The first-order chi connectivity index (χ1) is 10.2. The Balaban J connectivity index is 1.90. The molecule has 0 radical (unpaired) electrons. The lowest BCUT2D eigenvalue weighted by Crippen LogP contribution is -2.10. The molecule has 0 saturated heterocycles. The summed E-state index contributed by atoms with van der Waals surface area (Å²) in [6.07, 6.45) is 0. The summed E-state index contributed by atoms with van der Waals surface area (Å²) in [6, 6.07) is 15.6. The van der Waals surface area contributed by atoms with Gasteiger partial charge in [-0.05, 0) is 47.7 Å². The standard InChI is InChI=1S/C17H16ClNOS/c1-2-21-14-6-3-11(4-7-14)17(19)16-10-12-9-13(18)5-8-15(12)20-16/h3-10,17H,2,19H2,1H3. The minimum Gasteiger partial charge on any atom is -0.459 e. The van der Waals surface area contributed by atoms with Crippen molar-refractivity contribution in [2.24, 2.45) is 5.73 Å². The predicted molar refractivity (Wildman–Crippen MR) is 90.1 cm³/mol. The Morgan fingerprint density at radius 2 is 1.90 bits per heavy atom. The molecule has 0 amide bonds. The van der Waals surface area contributed by atoms with Crippen molar-refractivity contribution in [2.45, 2.75) is 17.9 Å². The van der Waals surface area contributed by atoms with Crippen molar-refractivity contribution in [1.29, 1.82) is 0 Å². The monoisotopic (exact) mass is 317 g/mol. The summed E-state index contributed by atoms with van der Waals surface area (Å²) in [5, 5.41) is 1.68. The van der Waals surface area contributed by atoms with Crippen molar-refractivity contribution in [3.05, 3.63) is 64.9 Å². The average molecular weight is 318 g/mol. The molecule has 0 bridgehead atoms. The Morgan fingerprint density at radius 1 is 1.14 bits per heavy atom. The largest absolute Gasteiger partial charge is 0.459 e. The van der Waals surface area contributed by atoms with Gasteiger partial charge in [0.1, 0.15) is 11.3 Å². The van der Waals surface area contributed by atoms with E-state index in [4.69, 9.17) is 21.8 Å². The van der Waals surface area contributed by atoms with Crippen molar-refractivity contribution >= 4 is 34.3 Å². The molecule has 1 heterocycles. The van der Waals surface area contributed by atoms with Crippen LogP contribution < -0.4 is 5.73 Å². The van der Waals surface area contributed by atoms with Crippen LogP contribution in [0.25, 0.3) is 11.0 Å². The zero-order valence-electron chi connectivity index (χ0n) is 11.7. The van der Waals surface area contributed by atoms with Crippen LogP contribution in [0, 0.1) is 0 Å². The highest BCUT2D eigenvalue weighted by molar-refractivity contribution is 7.99. The van der Waals surface area contributed by atoms with Crippen molar-refractivity contribution in [3.8, 4) is 0 Å². The van der Waals surface area contributed by atoms with Gasteiger partial charge in [-0.1, -0.05) is 30.7 Å². The van der Waals surface area contributed by atoms with Gasteiger partial charge in [0.15, 0.2) is 0 Å². The fraction of sp³-hybridized carbons (Fsp3) is 0.176. The lowest BCUT2D eigenvalue weighted by Gasteiger charge is -2.09. The zero-order valence-corrected chi connectivity index (χ0v) is 13.2. The van der Waals surface area contributed by atoms with E-state index in [2.05, 4.69) is 31.2 Å². The first-order valence-corrected chi connectivity index (χ1v) is 8.21. The van der Waals surface area contributed by atoms with Gasteiger partial charge in [-0.15, -0.1) is 11.8 Å². The molecule has 3 rings (SSSR count). The molecule has 2 N–H and O–H groups in total. The van der Waals surface area contributed by atoms with E-state index >= 15 is 0 Å². The van der Waals surface area contributed by atoms with E-state index in [0.717, 1.165) is 28.0 Å². The van der Waals surface area contributed by atoms with Gasteiger partial charge in [0, 0.05) is 15.3 Å². The van der Waals surface area contributed by atoms with Crippen LogP contribution >= 0.6 is 23.4 Å². The second-order valence-corrected chi connectivity index (χ2v) is 6.58. The molecule has 0 spiro atoms. The van der Waals surface area contributed by atoms with Crippen LogP contribution in [0.15, 0.2) is 57.8 Å². The Bertz CT molecular complexity index is 751. The molecule has 1 aromatic heterocycles. The van der Waals surface area contributed by atoms with Crippen molar-refractivity contribution < 1.29 is 4.42 Å². The Hall–Kier alpha value is -1.42. The summed E-state index contributed by atoms with van der Waals surface area (Å²) in [6.45, 7) is 2.14. The minimum atomic E-state index is -0.267. The fourth-order valence-electron chi connectivity index (χ4n) is 2.29. The Morgan fingerprint density at radius 3 is 2.62 bits per heavy atom. The number of furan rings is 1. The lowest BCUT2D eigenvalue weighted by atomic mass is 10.1. The van der Waals surface area contributed by atoms with Crippen molar-refractivity contribution in [3.63, 3.8) is 0 Å². The van der Waals surface area contributed by atoms with E-state index in [1.807, 2.05) is 36.0 Å². The summed E-state index contributed by atoms with van der Waals surface area (Å²) in [5.41, 5.74) is 8.16. The first kappa shape index (κ1) is 14.5. The smallest absolute Gasteiger partial charge is 0.134 e. The second-order valence-electron chi connectivity index (χ2n) is 4.81. The van der Waals surface area contributed by atoms with Gasteiger partial charge >= 0.3 is 0 Å². The first-order valence-electron chi connectivity index (χ1n) is 6.84. The number of halogens is 1. The summed E-state index contributed by atoms with van der Waals surface area (Å²) in [5.74, 6) is 1.82. The highest BCUT2D eigenvalue weighted by atomic mass is 35.5. The minimum absolute atomic E-state index is 0.267. The van der Waals surface area contributed by atoms with Crippen molar-refractivity contribution in [1.82, 2.24) is 0 Å². The van der Waals surface area contributed by atoms with E-state index in [0.29, 0.717) is 5.02 Å². The summed E-state index contributed by atoms with van der Waals surface area (Å²) < 4.78 is 5.83. The van der Waals surface area contributed by atoms with Crippen LogP contribution in [0.4, 0.5) is 0 Å². The molecule has 4 heteroatoms. The molecule has 1 atom stereocenters. The third kappa shape index (κ3) is 3.10. The summed E-state index contributed by atoms with van der Waals surface area (Å²) >= 11 is 7.81. The van der Waals surface area contributed by atoms with Crippen molar-refractivity contribution in [2.75, 3.05) is 5.75 Å². The maximum atomic E-state index is 6.31. The number of thioether (sulfide) groups is 1. The number of hydrogen-bond donors (Lipinski definition) is 1. The topological polar surface area (TPSA) is 39.2 Å². The molecule has 2 nitrogen and oxygen atoms in total. The third-order valence-electron chi connectivity index (χ3n) is 3.35. The number of fused-ring (bicyclic) bond motifs is 1. The molecule has 1 unspecified atom stereocenters. The average Bonchev–Trinajstić information content (AvgIpc) is 2.90. The van der Waals surface area contributed by atoms with E-state index in [1.54, 1.807) is 0 Å². The van der Waals surface area contributed by atoms with Gasteiger partial charge in [-0.3, -0.25) is 0 Å². The lowest BCUT2D eigenvalue weighted by molar-refractivity contribution is 0.525. The number of rotatable bonds is 4. The van der Waals surface area contributed by atoms with Crippen LogP contribution in [0.5, 0.6) is 0 Å². The van der Waals surface area contributed by atoms with Crippen LogP contribution in [0.2, 0.25) is 5.02 Å². The summed E-state index contributed by atoms with van der Waals surface area (Å²) in [7, 11) is 0. The van der Waals surface area contributed by atoms with Crippen LogP contribution in [-0.4, -0.2) is 5.75 Å². The highest BCUT2D eigenvalue weighted by Gasteiger charge is 2.14. The van der Waals surface area contributed by atoms with Gasteiger partial charge in [-0.25, -0.2) is 0 Å². The molecule has 0 fully saturated rings. The van der Waals surface area contributed by atoms with E-state index < -0.39 is 0 Å². The van der Waals surface area contributed by atoms with Gasteiger partial charge in [0.05, 0.1) is 6.04 Å². The predicted octanol–water partition coefficient (Wildman–Crippen LogP) is 5.25. The van der Waals surface area contributed by atoms with Gasteiger partial charge in [-0.2, -0.15) is 0 Å². The van der Waals surface area contributed by atoms with Crippen LogP contribution in [-0.2, 0) is 0 Å². The van der Waals surface area contributed by atoms with Gasteiger partial charge < -0.3 is 10.2 Å². The molecule has 0 aliphatic carbocycles. The molecule has 2 aromatic carbocycles. The normalized spacial score (nSPS) is 12.7. The maximum Gasteiger partial charge on any atom is 0.134 e. The molecule has 108 valence electrons. The SMILES string of the molecule is CCSc1ccc(C(N)c2cc3cc(Cl)ccc3o2)cc1. The number of benzene rings is 2. The van der Waals surface area contributed by atoms with Crippen LogP contribution in [0.3, 0.4) is 0 Å². The molecular weight excluding hydrogens is 302 g/mol. The molecular formula is C17H16ClNOS. The second kappa shape index (κ2) is 6.14. The maximum absolute atomic E-state index is 6.31. The Labute approximate surface area is 133 Å². The zero-order chi connectivity index (χ0) is 14.8. The summed E-state index contributed by atoms with van der Waals surface area (Å²) in [4.78, 5) is 1.25. The van der Waals surface area contributed by atoms with E-state index in [-0.39, 0.29) is 6.04 Å². The third-order valence-corrected chi connectivity index (χ3v) is 4.48.